The average molecular weight is 362 g/mol. The van der Waals surface area contributed by atoms with E-state index in [1.807, 2.05) is 17.1 Å². The molecule has 1 heterocycles. The van der Waals surface area contributed by atoms with Gasteiger partial charge in [0.05, 0.1) is 11.7 Å². The lowest BCUT2D eigenvalue weighted by Gasteiger charge is -2.28. The molecular weight excluding hydrogens is 332 g/mol. The van der Waals surface area contributed by atoms with Crippen molar-refractivity contribution in [1.82, 2.24) is 10.0 Å². The summed E-state index contributed by atoms with van der Waals surface area (Å²) in [5.74, 6) is -0.775. The number of carboxylic acid groups (broad SMARTS) is 1. The highest BCUT2D eigenvalue weighted by Gasteiger charge is 2.28. The van der Waals surface area contributed by atoms with E-state index in [9.17, 15) is 14.7 Å². The molecule has 26 heavy (non-hydrogen) atoms. The van der Waals surface area contributed by atoms with Gasteiger partial charge in [-0.1, -0.05) is 31.9 Å². The van der Waals surface area contributed by atoms with Gasteiger partial charge in [-0.15, -0.1) is 0 Å². The van der Waals surface area contributed by atoms with Gasteiger partial charge in [-0.2, -0.15) is 0 Å². The fraction of sp³-hybridized carbons (Fsp3) is 0.600. The lowest BCUT2D eigenvalue weighted by molar-refractivity contribution is -0.138. The molecule has 0 aromatic heterocycles. The largest absolute Gasteiger partial charge is 0.478 e. The van der Waals surface area contributed by atoms with Crippen molar-refractivity contribution < 1.29 is 19.8 Å². The van der Waals surface area contributed by atoms with Crippen LogP contribution >= 0.6 is 0 Å². The van der Waals surface area contributed by atoms with E-state index in [-0.39, 0.29) is 17.6 Å². The third-order valence-electron chi connectivity index (χ3n) is 4.87. The predicted octanol–water partition coefficient (Wildman–Crippen LogP) is 2.71. The van der Waals surface area contributed by atoms with Gasteiger partial charge >= 0.3 is 5.97 Å². The summed E-state index contributed by atoms with van der Waals surface area (Å²) < 4.78 is 0. The highest BCUT2D eigenvalue weighted by molar-refractivity contribution is 5.87. The first kappa shape index (κ1) is 20.4. The fourth-order valence-corrected chi connectivity index (χ4v) is 3.26. The van der Waals surface area contributed by atoms with Crippen LogP contribution in [-0.2, 0) is 11.2 Å². The Morgan fingerprint density at radius 1 is 1.15 bits per heavy atom. The van der Waals surface area contributed by atoms with Gasteiger partial charge in [0.15, 0.2) is 0 Å². The molecule has 2 rings (SSSR count). The zero-order chi connectivity index (χ0) is 18.9. The Labute approximate surface area is 155 Å². The molecule has 1 aromatic rings. The van der Waals surface area contributed by atoms with Gasteiger partial charge in [-0.3, -0.25) is 9.80 Å². The lowest BCUT2D eigenvalue weighted by Crippen LogP contribution is -2.41. The number of aliphatic hydroxyl groups is 1. The molecule has 1 aliphatic rings. The maximum Gasteiger partial charge on any atom is 0.335 e. The van der Waals surface area contributed by atoms with E-state index in [1.165, 1.54) is 0 Å². The van der Waals surface area contributed by atoms with Crippen molar-refractivity contribution in [2.75, 3.05) is 19.6 Å². The molecule has 0 unspecified atom stereocenters. The summed E-state index contributed by atoms with van der Waals surface area (Å²) in [6.07, 6.45) is 5.53. The Balaban J connectivity index is 1.78. The number of rotatable bonds is 11. The fourth-order valence-electron chi connectivity index (χ4n) is 3.26. The average Bonchev–Trinajstić information content (AvgIpc) is 2.98. The van der Waals surface area contributed by atoms with Gasteiger partial charge in [0, 0.05) is 26.1 Å². The summed E-state index contributed by atoms with van der Waals surface area (Å²) in [6.45, 7) is 4.23. The molecule has 1 amide bonds. The molecule has 0 bridgehead atoms. The quantitative estimate of drug-likeness (QED) is 0.633. The molecule has 0 radical (unpaired) electrons. The van der Waals surface area contributed by atoms with Crippen LogP contribution in [0, 0.1) is 0 Å². The van der Waals surface area contributed by atoms with Crippen LogP contribution in [0.5, 0.6) is 0 Å². The summed E-state index contributed by atoms with van der Waals surface area (Å²) in [7, 11) is 0. The minimum absolute atomic E-state index is 0.147. The minimum Gasteiger partial charge on any atom is -0.478 e. The Morgan fingerprint density at radius 3 is 2.50 bits per heavy atom. The molecule has 2 N–H and O–H groups in total. The van der Waals surface area contributed by atoms with Crippen molar-refractivity contribution in [1.29, 1.82) is 0 Å². The summed E-state index contributed by atoms with van der Waals surface area (Å²) in [5, 5.41) is 22.8. The number of hydrogen-bond donors (Lipinski definition) is 2. The van der Waals surface area contributed by atoms with Crippen LogP contribution in [0.1, 0.15) is 61.4 Å². The second kappa shape index (κ2) is 10.3. The molecule has 1 fully saturated rings. The first-order valence-corrected chi connectivity index (χ1v) is 9.56. The SMILES string of the molecule is CCCC[C@H](O)CCCN1C(=O)CCN1CCc1ccc(C(=O)O)cc1. The third-order valence-corrected chi connectivity index (χ3v) is 4.87. The van der Waals surface area contributed by atoms with E-state index >= 15 is 0 Å². The predicted molar refractivity (Wildman–Crippen MR) is 99.8 cm³/mol. The van der Waals surface area contributed by atoms with E-state index in [2.05, 4.69) is 11.9 Å². The molecule has 1 aromatic carbocycles. The molecule has 1 atom stereocenters. The van der Waals surface area contributed by atoms with Crippen molar-refractivity contribution >= 4 is 11.9 Å². The van der Waals surface area contributed by atoms with Crippen LogP contribution < -0.4 is 0 Å². The van der Waals surface area contributed by atoms with Crippen LogP contribution in [0.3, 0.4) is 0 Å². The van der Waals surface area contributed by atoms with Gasteiger partial charge in [-0.05, 0) is 43.4 Å². The Hall–Kier alpha value is -1.92. The van der Waals surface area contributed by atoms with Gasteiger partial charge in [0.2, 0.25) is 5.91 Å². The molecule has 0 aliphatic carbocycles. The number of nitrogens with zero attached hydrogens (tertiary/aromatic N) is 2. The van der Waals surface area contributed by atoms with E-state index in [0.29, 0.717) is 13.0 Å². The summed E-state index contributed by atoms with van der Waals surface area (Å²) in [6, 6.07) is 6.88. The second-order valence-electron chi connectivity index (χ2n) is 6.91. The molecule has 144 valence electrons. The van der Waals surface area contributed by atoms with Crippen LogP contribution in [-0.4, -0.2) is 57.8 Å². The number of aromatic carboxylic acids is 1. The zero-order valence-corrected chi connectivity index (χ0v) is 15.6. The molecule has 1 saturated heterocycles. The van der Waals surface area contributed by atoms with Crippen molar-refractivity contribution in [2.24, 2.45) is 0 Å². The molecule has 6 heteroatoms. The number of hydrogen-bond acceptors (Lipinski definition) is 4. The summed E-state index contributed by atoms with van der Waals surface area (Å²) in [5.41, 5.74) is 1.35. The number of benzene rings is 1. The van der Waals surface area contributed by atoms with Crippen molar-refractivity contribution in [3.63, 3.8) is 0 Å². The van der Waals surface area contributed by atoms with Crippen molar-refractivity contribution in [2.45, 2.75) is 58.0 Å². The monoisotopic (exact) mass is 362 g/mol. The lowest BCUT2D eigenvalue weighted by atomic mass is 10.1. The highest BCUT2D eigenvalue weighted by atomic mass is 16.4. The Morgan fingerprint density at radius 2 is 1.85 bits per heavy atom. The standard InChI is InChI=1S/C20H30N2O4/c1-2-3-5-18(23)6-4-13-22-19(24)12-15-21(22)14-11-16-7-9-17(10-8-16)20(25)26/h7-10,18,23H,2-6,11-15H2,1H3,(H,25,26)/t18-/m0/s1. The highest BCUT2D eigenvalue weighted by Crippen LogP contribution is 2.16. The van der Waals surface area contributed by atoms with Crippen LogP contribution in [0.2, 0.25) is 0 Å². The number of aliphatic hydroxyl groups excluding tert-OH is 1. The van der Waals surface area contributed by atoms with Crippen LogP contribution in [0.25, 0.3) is 0 Å². The number of carboxylic acids is 1. The smallest absolute Gasteiger partial charge is 0.335 e. The maximum atomic E-state index is 12.1. The van der Waals surface area contributed by atoms with E-state index < -0.39 is 5.97 Å². The number of amides is 1. The number of carbonyl (C=O) groups is 2. The van der Waals surface area contributed by atoms with Gasteiger partial charge < -0.3 is 10.2 Å². The summed E-state index contributed by atoms with van der Waals surface area (Å²) in [4.78, 5) is 23.0. The van der Waals surface area contributed by atoms with E-state index in [1.54, 1.807) is 12.1 Å². The number of unbranched alkanes of at least 4 members (excludes halogenated alkanes) is 1. The van der Waals surface area contributed by atoms with Crippen LogP contribution in [0.4, 0.5) is 0 Å². The minimum atomic E-state index is -0.922. The third kappa shape index (κ3) is 6.11. The zero-order valence-electron chi connectivity index (χ0n) is 15.6. The molecule has 0 spiro atoms. The first-order chi connectivity index (χ1) is 12.5. The molecular formula is C20H30N2O4. The Kier molecular flexibility index (Phi) is 8.06. The van der Waals surface area contributed by atoms with Crippen LogP contribution in [0.15, 0.2) is 24.3 Å². The number of carbonyl (C=O) groups excluding carboxylic acids is 1. The van der Waals surface area contributed by atoms with Crippen molar-refractivity contribution in [3.05, 3.63) is 35.4 Å². The topological polar surface area (TPSA) is 81.1 Å². The molecule has 0 saturated carbocycles. The van der Waals surface area contributed by atoms with Gasteiger partial charge in [0.1, 0.15) is 0 Å². The van der Waals surface area contributed by atoms with Crippen molar-refractivity contribution in [3.8, 4) is 0 Å². The first-order valence-electron chi connectivity index (χ1n) is 9.56. The second-order valence-corrected chi connectivity index (χ2v) is 6.91. The van der Waals surface area contributed by atoms with E-state index in [4.69, 9.17) is 5.11 Å². The normalized spacial score (nSPS) is 16.2. The van der Waals surface area contributed by atoms with Gasteiger partial charge in [0.25, 0.3) is 0 Å². The van der Waals surface area contributed by atoms with Gasteiger partial charge in [-0.25, -0.2) is 9.80 Å². The molecule has 1 aliphatic heterocycles. The summed E-state index contributed by atoms with van der Waals surface area (Å²) >= 11 is 0. The maximum absolute atomic E-state index is 12.1. The van der Waals surface area contributed by atoms with E-state index in [0.717, 1.165) is 57.2 Å². The Bertz CT molecular complexity index is 588. The molecule has 6 nitrogen and oxygen atoms in total. The number of hydrazine groups is 1.